The first-order valence-electron chi connectivity index (χ1n) is 6.59. The molecule has 0 radical (unpaired) electrons. The zero-order valence-corrected chi connectivity index (χ0v) is 12.3. The molecule has 1 aromatic carbocycles. The second kappa shape index (κ2) is 5.94. The third-order valence-electron chi connectivity index (χ3n) is 3.39. The fourth-order valence-corrected chi connectivity index (χ4v) is 2.91. The molecule has 0 aromatic heterocycles. The SMILES string of the molecule is C/C(=C\CSc1ccccc1)CCC1OC1(C)C. The Bertz CT molecular complexity index is 408. The highest BCUT2D eigenvalue weighted by molar-refractivity contribution is 7.99. The fourth-order valence-electron chi connectivity index (χ4n) is 2.00. The van der Waals surface area contributed by atoms with Gasteiger partial charge in [0.25, 0.3) is 0 Å². The van der Waals surface area contributed by atoms with Crippen LogP contribution in [0.1, 0.15) is 33.6 Å². The number of hydrogen-bond donors (Lipinski definition) is 0. The molecule has 0 bridgehead atoms. The lowest BCUT2D eigenvalue weighted by atomic mass is 10.0. The number of allylic oxidation sites excluding steroid dienone is 1. The summed E-state index contributed by atoms with van der Waals surface area (Å²) >= 11 is 1.89. The molecular formula is C16H22OS. The predicted molar refractivity (Wildman–Crippen MR) is 79.1 cm³/mol. The van der Waals surface area contributed by atoms with Crippen molar-refractivity contribution in [2.75, 3.05) is 5.75 Å². The molecule has 18 heavy (non-hydrogen) atoms. The van der Waals surface area contributed by atoms with Crippen molar-refractivity contribution in [1.29, 1.82) is 0 Å². The van der Waals surface area contributed by atoms with Crippen LogP contribution in [-0.2, 0) is 4.74 Å². The minimum absolute atomic E-state index is 0.138. The Hall–Kier alpha value is -0.730. The van der Waals surface area contributed by atoms with Gasteiger partial charge in [-0.05, 0) is 45.7 Å². The molecular weight excluding hydrogens is 240 g/mol. The van der Waals surface area contributed by atoms with Crippen LogP contribution in [-0.4, -0.2) is 17.5 Å². The summed E-state index contributed by atoms with van der Waals surface area (Å²) in [4.78, 5) is 1.34. The number of thioether (sulfide) groups is 1. The Labute approximate surface area is 115 Å². The minimum Gasteiger partial charge on any atom is -0.367 e. The highest BCUT2D eigenvalue weighted by atomic mass is 32.2. The van der Waals surface area contributed by atoms with Crippen LogP contribution in [0, 0.1) is 0 Å². The number of rotatable bonds is 6. The minimum atomic E-state index is 0.138. The van der Waals surface area contributed by atoms with Crippen LogP contribution in [0.4, 0.5) is 0 Å². The van der Waals surface area contributed by atoms with Gasteiger partial charge in [-0.25, -0.2) is 0 Å². The van der Waals surface area contributed by atoms with Gasteiger partial charge < -0.3 is 4.74 Å². The van der Waals surface area contributed by atoms with Crippen molar-refractivity contribution >= 4 is 11.8 Å². The molecule has 1 saturated heterocycles. The monoisotopic (exact) mass is 262 g/mol. The van der Waals surface area contributed by atoms with E-state index in [1.54, 1.807) is 0 Å². The van der Waals surface area contributed by atoms with Gasteiger partial charge in [-0.15, -0.1) is 11.8 Å². The Morgan fingerprint density at radius 1 is 1.33 bits per heavy atom. The summed E-state index contributed by atoms with van der Waals surface area (Å²) in [6, 6.07) is 10.6. The molecule has 0 spiro atoms. The lowest BCUT2D eigenvalue weighted by molar-refractivity contribution is 0.320. The van der Waals surface area contributed by atoms with Crippen molar-refractivity contribution in [3.05, 3.63) is 42.0 Å². The van der Waals surface area contributed by atoms with Crippen molar-refractivity contribution in [2.24, 2.45) is 0 Å². The maximum atomic E-state index is 5.60. The molecule has 1 heterocycles. The molecule has 0 N–H and O–H groups in total. The van der Waals surface area contributed by atoms with E-state index >= 15 is 0 Å². The second-order valence-corrected chi connectivity index (χ2v) is 6.52. The van der Waals surface area contributed by atoms with Gasteiger partial charge in [0.05, 0.1) is 11.7 Å². The zero-order chi connectivity index (χ0) is 13.0. The zero-order valence-electron chi connectivity index (χ0n) is 11.5. The standard InChI is InChI=1S/C16H22OS/c1-13(9-10-15-16(2,3)17-15)11-12-18-14-7-5-4-6-8-14/h4-8,11,15H,9-10,12H2,1-3H3/b13-11+. The number of ether oxygens (including phenoxy) is 1. The summed E-state index contributed by atoms with van der Waals surface area (Å²) in [6.07, 6.45) is 5.13. The molecule has 0 amide bonds. The van der Waals surface area contributed by atoms with Gasteiger partial charge in [0.15, 0.2) is 0 Å². The Kier molecular flexibility index (Phi) is 4.52. The molecule has 1 aromatic rings. The second-order valence-electron chi connectivity index (χ2n) is 5.42. The molecule has 0 saturated carbocycles. The smallest absolute Gasteiger partial charge is 0.0892 e. The molecule has 1 aliphatic heterocycles. The van der Waals surface area contributed by atoms with Crippen LogP contribution in [0.3, 0.4) is 0 Å². The summed E-state index contributed by atoms with van der Waals surface area (Å²) in [5, 5.41) is 0. The van der Waals surface area contributed by atoms with Gasteiger partial charge in [-0.1, -0.05) is 29.8 Å². The summed E-state index contributed by atoms with van der Waals surface area (Å²) in [6.45, 7) is 6.56. The van der Waals surface area contributed by atoms with E-state index in [9.17, 15) is 0 Å². The van der Waals surface area contributed by atoms with Crippen molar-refractivity contribution in [3.8, 4) is 0 Å². The Morgan fingerprint density at radius 3 is 2.61 bits per heavy atom. The highest BCUT2D eigenvalue weighted by Gasteiger charge is 2.46. The number of hydrogen-bond acceptors (Lipinski definition) is 2. The molecule has 98 valence electrons. The lowest BCUT2D eigenvalue weighted by Crippen LogP contribution is -2.02. The van der Waals surface area contributed by atoms with Gasteiger partial charge in [0.2, 0.25) is 0 Å². The third-order valence-corrected chi connectivity index (χ3v) is 4.33. The van der Waals surface area contributed by atoms with Gasteiger partial charge in [0, 0.05) is 10.6 Å². The van der Waals surface area contributed by atoms with E-state index in [1.807, 2.05) is 11.8 Å². The fraction of sp³-hybridized carbons (Fsp3) is 0.500. The average molecular weight is 262 g/mol. The van der Waals surface area contributed by atoms with Crippen molar-refractivity contribution in [3.63, 3.8) is 0 Å². The first kappa shape index (κ1) is 13.7. The highest BCUT2D eigenvalue weighted by Crippen LogP contribution is 2.38. The Morgan fingerprint density at radius 2 is 2.00 bits per heavy atom. The molecule has 2 heteroatoms. The van der Waals surface area contributed by atoms with Crippen LogP contribution < -0.4 is 0 Å². The van der Waals surface area contributed by atoms with Gasteiger partial charge in [0.1, 0.15) is 0 Å². The summed E-state index contributed by atoms with van der Waals surface area (Å²) in [5.74, 6) is 1.06. The molecule has 0 aliphatic carbocycles. The van der Waals surface area contributed by atoms with E-state index in [4.69, 9.17) is 4.74 Å². The Balaban J connectivity index is 1.66. The maximum Gasteiger partial charge on any atom is 0.0892 e. The molecule has 1 atom stereocenters. The average Bonchev–Trinajstić information content (AvgIpc) is 2.96. The lowest BCUT2D eigenvalue weighted by Gasteiger charge is -2.01. The van der Waals surface area contributed by atoms with Gasteiger partial charge in [-0.2, -0.15) is 0 Å². The van der Waals surface area contributed by atoms with Gasteiger partial charge >= 0.3 is 0 Å². The largest absolute Gasteiger partial charge is 0.367 e. The predicted octanol–water partition coefficient (Wildman–Crippen LogP) is 4.68. The summed E-state index contributed by atoms with van der Waals surface area (Å²) in [5.41, 5.74) is 1.61. The topological polar surface area (TPSA) is 12.5 Å². The van der Waals surface area contributed by atoms with Crippen LogP contribution >= 0.6 is 11.8 Å². The normalized spacial score (nSPS) is 21.9. The molecule has 1 nitrogen and oxygen atoms in total. The van der Waals surface area contributed by atoms with E-state index in [-0.39, 0.29) is 5.60 Å². The first-order valence-corrected chi connectivity index (χ1v) is 7.58. The summed E-state index contributed by atoms with van der Waals surface area (Å²) in [7, 11) is 0. The maximum absolute atomic E-state index is 5.60. The first-order chi connectivity index (χ1) is 8.58. The van der Waals surface area contributed by atoms with E-state index in [1.165, 1.54) is 10.5 Å². The number of benzene rings is 1. The summed E-state index contributed by atoms with van der Waals surface area (Å²) < 4.78 is 5.60. The van der Waals surface area contributed by atoms with Gasteiger partial charge in [-0.3, -0.25) is 0 Å². The third kappa shape index (κ3) is 4.18. The van der Waals surface area contributed by atoms with Crippen molar-refractivity contribution < 1.29 is 4.74 Å². The molecule has 1 unspecified atom stereocenters. The molecule has 1 fully saturated rings. The van der Waals surface area contributed by atoms with Crippen LogP contribution in [0.15, 0.2) is 46.9 Å². The van der Waals surface area contributed by atoms with Crippen LogP contribution in [0.2, 0.25) is 0 Å². The van der Waals surface area contributed by atoms with Crippen LogP contribution in [0.5, 0.6) is 0 Å². The van der Waals surface area contributed by atoms with E-state index in [0.717, 1.165) is 18.6 Å². The van der Waals surface area contributed by atoms with E-state index in [2.05, 4.69) is 57.2 Å². The van der Waals surface area contributed by atoms with Crippen molar-refractivity contribution in [1.82, 2.24) is 0 Å². The molecule has 1 aliphatic rings. The van der Waals surface area contributed by atoms with Crippen molar-refractivity contribution in [2.45, 2.75) is 50.2 Å². The van der Waals surface area contributed by atoms with E-state index in [0.29, 0.717) is 6.10 Å². The van der Waals surface area contributed by atoms with E-state index < -0.39 is 0 Å². The van der Waals surface area contributed by atoms with Crippen LogP contribution in [0.25, 0.3) is 0 Å². The quantitative estimate of drug-likeness (QED) is 0.419. The molecule has 2 rings (SSSR count). The number of epoxide rings is 1.